The first-order valence-corrected chi connectivity index (χ1v) is 7.53. The number of carbonyl (C=O) groups excluding carboxylic acids is 1. The van der Waals surface area contributed by atoms with E-state index in [1.54, 1.807) is 11.0 Å². The molecular formula is C15H22N4O2. The number of rotatable bonds is 3. The minimum atomic E-state index is -0.135. The average Bonchev–Trinajstić information content (AvgIpc) is 2.98. The van der Waals surface area contributed by atoms with Crippen LogP contribution in [0.25, 0.3) is 0 Å². The van der Waals surface area contributed by atoms with Gasteiger partial charge in [0.05, 0.1) is 5.69 Å². The van der Waals surface area contributed by atoms with Gasteiger partial charge in [-0.3, -0.25) is 14.6 Å². The largest absolute Gasteiger partial charge is 0.348 e. The first kappa shape index (κ1) is 14.1. The summed E-state index contributed by atoms with van der Waals surface area (Å²) in [5, 5.41) is 0. The standard InChI is InChI=1S/C15H22N4O2/c1-9-6-11(9)14(21)19-5-4-10(8-19)12-7-13(20)17-15(16-12)18(2)3/h7,9-11H,4-6,8H2,1-3H3,(H,16,17,20)/t9-,10+,11-/m1/s1. The molecule has 21 heavy (non-hydrogen) atoms. The zero-order chi connectivity index (χ0) is 15.1. The highest BCUT2D eigenvalue weighted by molar-refractivity contribution is 5.82. The van der Waals surface area contributed by atoms with E-state index in [2.05, 4.69) is 16.9 Å². The van der Waals surface area contributed by atoms with E-state index in [0.29, 0.717) is 18.4 Å². The van der Waals surface area contributed by atoms with Crippen molar-refractivity contribution in [3.05, 3.63) is 22.1 Å². The van der Waals surface area contributed by atoms with E-state index in [1.807, 2.05) is 19.0 Å². The Hall–Kier alpha value is -1.85. The third-order valence-electron chi connectivity index (χ3n) is 4.52. The molecule has 3 rings (SSSR count). The summed E-state index contributed by atoms with van der Waals surface area (Å²) in [6.45, 7) is 3.58. The Morgan fingerprint density at radius 2 is 2.19 bits per heavy atom. The fourth-order valence-corrected chi connectivity index (χ4v) is 2.99. The number of likely N-dealkylation sites (tertiary alicyclic amines) is 1. The molecule has 0 spiro atoms. The number of carbonyl (C=O) groups is 1. The molecule has 6 heteroatoms. The number of amides is 1. The van der Waals surface area contributed by atoms with Crippen molar-refractivity contribution < 1.29 is 4.79 Å². The number of aromatic nitrogens is 2. The van der Waals surface area contributed by atoms with Gasteiger partial charge in [-0.1, -0.05) is 6.92 Å². The minimum Gasteiger partial charge on any atom is -0.348 e. The monoisotopic (exact) mass is 290 g/mol. The van der Waals surface area contributed by atoms with E-state index in [0.717, 1.165) is 25.1 Å². The molecule has 1 N–H and O–H groups in total. The number of anilines is 1. The van der Waals surface area contributed by atoms with Crippen molar-refractivity contribution in [2.75, 3.05) is 32.1 Å². The van der Waals surface area contributed by atoms with Crippen LogP contribution >= 0.6 is 0 Å². The van der Waals surface area contributed by atoms with Gasteiger partial charge in [-0.15, -0.1) is 0 Å². The van der Waals surface area contributed by atoms with Gasteiger partial charge in [-0.25, -0.2) is 4.98 Å². The summed E-state index contributed by atoms with van der Waals surface area (Å²) in [4.78, 5) is 35.0. The fraction of sp³-hybridized carbons (Fsp3) is 0.667. The molecule has 1 saturated carbocycles. The number of hydrogen-bond acceptors (Lipinski definition) is 4. The molecule has 1 amide bonds. The number of nitrogens with zero attached hydrogens (tertiary/aromatic N) is 3. The van der Waals surface area contributed by atoms with Crippen LogP contribution in [0.2, 0.25) is 0 Å². The summed E-state index contributed by atoms with van der Waals surface area (Å²) in [6.07, 6.45) is 1.91. The van der Waals surface area contributed by atoms with E-state index in [4.69, 9.17) is 0 Å². The van der Waals surface area contributed by atoms with Crippen molar-refractivity contribution in [1.29, 1.82) is 0 Å². The molecule has 0 bridgehead atoms. The van der Waals surface area contributed by atoms with Crippen LogP contribution in [-0.2, 0) is 4.79 Å². The number of H-pyrrole nitrogens is 1. The van der Waals surface area contributed by atoms with Gasteiger partial charge in [0.1, 0.15) is 0 Å². The van der Waals surface area contributed by atoms with E-state index >= 15 is 0 Å². The highest BCUT2D eigenvalue weighted by Gasteiger charge is 2.43. The second-order valence-corrected chi connectivity index (χ2v) is 6.48. The van der Waals surface area contributed by atoms with Crippen LogP contribution in [0.3, 0.4) is 0 Å². The zero-order valence-electron chi connectivity index (χ0n) is 12.8. The summed E-state index contributed by atoms with van der Waals surface area (Å²) < 4.78 is 0. The molecular weight excluding hydrogens is 268 g/mol. The van der Waals surface area contributed by atoms with Crippen LogP contribution in [-0.4, -0.2) is 48.0 Å². The van der Waals surface area contributed by atoms with E-state index in [9.17, 15) is 9.59 Å². The van der Waals surface area contributed by atoms with Crippen molar-refractivity contribution in [3.8, 4) is 0 Å². The molecule has 1 aromatic rings. The maximum absolute atomic E-state index is 12.3. The molecule has 0 aromatic carbocycles. The van der Waals surface area contributed by atoms with E-state index in [-0.39, 0.29) is 23.3 Å². The predicted octanol–water partition coefficient (Wildman–Crippen LogP) is 0.808. The van der Waals surface area contributed by atoms with Gasteiger partial charge in [0, 0.05) is 45.1 Å². The number of hydrogen-bond donors (Lipinski definition) is 1. The fourth-order valence-electron chi connectivity index (χ4n) is 2.99. The van der Waals surface area contributed by atoms with Crippen molar-refractivity contribution in [2.24, 2.45) is 11.8 Å². The Balaban J connectivity index is 1.74. The normalized spacial score (nSPS) is 27.8. The van der Waals surface area contributed by atoms with Gasteiger partial charge in [0.2, 0.25) is 11.9 Å². The lowest BCUT2D eigenvalue weighted by Gasteiger charge is -2.17. The molecule has 2 fully saturated rings. The quantitative estimate of drug-likeness (QED) is 0.894. The molecule has 2 aliphatic rings. The van der Waals surface area contributed by atoms with Crippen LogP contribution in [0.1, 0.15) is 31.4 Å². The lowest BCUT2D eigenvalue weighted by atomic mass is 10.1. The van der Waals surface area contributed by atoms with Gasteiger partial charge < -0.3 is 9.80 Å². The molecule has 1 aromatic heterocycles. The van der Waals surface area contributed by atoms with Crippen LogP contribution < -0.4 is 10.5 Å². The summed E-state index contributed by atoms with van der Waals surface area (Å²) in [5.74, 6) is 1.78. The second-order valence-electron chi connectivity index (χ2n) is 6.48. The molecule has 3 atom stereocenters. The van der Waals surface area contributed by atoms with Crippen LogP contribution in [0, 0.1) is 11.8 Å². The first-order valence-electron chi connectivity index (χ1n) is 7.53. The summed E-state index contributed by atoms with van der Waals surface area (Å²) in [6, 6.07) is 1.56. The van der Waals surface area contributed by atoms with Gasteiger partial charge in [0.25, 0.3) is 5.56 Å². The maximum Gasteiger partial charge on any atom is 0.252 e. The average molecular weight is 290 g/mol. The van der Waals surface area contributed by atoms with Crippen molar-refractivity contribution in [1.82, 2.24) is 14.9 Å². The van der Waals surface area contributed by atoms with Gasteiger partial charge in [-0.05, 0) is 18.8 Å². The topological polar surface area (TPSA) is 69.3 Å². The lowest BCUT2D eigenvalue weighted by molar-refractivity contribution is -0.131. The SMILES string of the molecule is C[C@@H]1C[C@H]1C(=O)N1CC[C@H](c2cc(=O)[nH]c(N(C)C)n2)C1. The molecule has 1 saturated heterocycles. The Labute approximate surface area is 124 Å². The maximum atomic E-state index is 12.3. The molecule has 6 nitrogen and oxygen atoms in total. The van der Waals surface area contributed by atoms with Crippen molar-refractivity contribution >= 4 is 11.9 Å². The summed E-state index contributed by atoms with van der Waals surface area (Å²) >= 11 is 0. The lowest BCUT2D eigenvalue weighted by Crippen LogP contribution is -2.30. The van der Waals surface area contributed by atoms with Gasteiger partial charge in [0.15, 0.2) is 0 Å². The van der Waals surface area contributed by atoms with Crippen molar-refractivity contribution in [2.45, 2.75) is 25.7 Å². The molecule has 114 valence electrons. The summed E-state index contributed by atoms with van der Waals surface area (Å²) in [7, 11) is 3.70. The Bertz CT molecular complexity index is 610. The Kier molecular flexibility index (Phi) is 3.47. The van der Waals surface area contributed by atoms with E-state index < -0.39 is 0 Å². The second kappa shape index (κ2) is 5.16. The Morgan fingerprint density at radius 1 is 1.48 bits per heavy atom. The molecule has 1 aliphatic heterocycles. The van der Waals surface area contributed by atoms with Crippen LogP contribution in [0.4, 0.5) is 5.95 Å². The smallest absolute Gasteiger partial charge is 0.252 e. The molecule has 0 unspecified atom stereocenters. The number of aromatic amines is 1. The third-order valence-corrected chi connectivity index (χ3v) is 4.52. The molecule has 0 radical (unpaired) electrons. The zero-order valence-corrected chi connectivity index (χ0v) is 12.8. The van der Waals surface area contributed by atoms with Crippen molar-refractivity contribution in [3.63, 3.8) is 0 Å². The van der Waals surface area contributed by atoms with Gasteiger partial charge in [-0.2, -0.15) is 0 Å². The van der Waals surface area contributed by atoms with E-state index in [1.165, 1.54) is 0 Å². The summed E-state index contributed by atoms with van der Waals surface area (Å²) in [5.41, 5.74) is 0.658. The highest BCUT2D eigenvalue weighted by atomic mass is 16.2. The van der Waals surface area contributed by atoms with Crippen LogP contribution in [0.5, 0.6) is 0 Å². The van der Waals surface area contributed by atoms with Crippen LogP contribution in [0.15, 0.2) is 10.9 Å². The molecule has 1 aliphatic carbocycles. The molecule has 2 heterocycles. The number of nitrogens with one attached hydrogen (secondary N) is 1. The third kappa shape index (κ3) is 2.80. The minimum absolute atomic E-state index is 0.135. The first-order chi connectivity index (χ1) is 9.95. The predicted molar refractivity (Wildman–Crippen MR) is 80.4 cm³/mol. The Morgan fingerprint density at radius 3 is 2.81 bits per heavy atom. The van der Waals surface area contributed by atoms with Gasteiger partial charge >= 0.3 is 0 Å². The highest BCUT2D eigenvalue weighted by Crippen LogP contribution is 2.40.